The lowest BCUT2D eigenvalue weighted by Gasteiger charge is -1.98. The molecular formula is C8H7ClF2N4. The smallest absolute Gasteiger partial charge is 0.211 e. The summed E-state index contributed by atoms with van der Waals surface area (Å²) in [5.41, 5.74) is 10.0. The molecule has 0 aliphatic rings. The third kappa shape index (κ3) is 3.17. The Morgan fingerprint density at radius 1 is 1.33 bits per heavy atom. The van der Waals surface area contributed by atoms with Gasteiger partial charge in [0.25, 0.3) is 0 Å². The molecule has 0 bridgehead atoms. The molecule has 0 saturated heterocycles. The third-order valence-electron chi connectivity index (χ3n) is 1.39. The number of benzene rings is 1. The van der Waals surface area contributed by atoms with E-state index in [1.54, 1.807) is 0 Å². The molecule has 0 saturated carbocycles. The molecule has 0 atom stereocenters. The lowest BCUT2D eigenvalue weighted by molar-refractivity contribution is 0.583. The fourth-order valence-electron chi connectivity index (χ4n) is 0.828. The molecule has 80 valence electrons. The zero-order valence-electron chi connectivity index (χ0n) is 7.42. The number of nitrogens with zero attached hydrogens (tertiary/aromatic N) is 2. The van der Waals surface area contributed by atoms with Crippen LogP contribution in [-0.2, 0) is 0 Å². The van der Waals surface area contributed by atoms with Crippen molar-refractivity contribution in [2.75, 3.05) is 0 Å². The van der Waals surface area contributed by atoms with E-state index >= 15 is 0 Å². The zero-order valence-corrected chi connectivity index (χ0v) is 8.17. The molecule has 0 amide bonds. The van der Waals surface area contributed by atoms with E-state index in [2.05, 4.69) is 10.2 Å². The topological polar surface area (TPSA) is 76.8 Å². The number of hydrogen-bond donors (Lipinski definition) is 2. The van der Waals surface area contributed by atoms with E-state index < -0.39 is 11.6 Å². The Labute approximate surface area is 89.2 Å². The van der Waals surface area contributed by atoms with Crippen molar-refractivity contribution >= 4 is 23.8 Å². The van der Waals surface area contributed by atoms with Crippen molar-refractivity contribution in [1.29, 1.82) is 0 Å². The summed E-state index contributed by atoms with van der Waals surface area (Å²) in [5.74, 6) is -1.90. The van der Waals surface area contributed by atoms with Crippen molar-refractivity contribution in [2.45, 2.75) is 0 Å². The van der Waals surface area contributed by atoms with Crippen LogP contribution in [0.3, 0.4) is 0 Å². The molecule has 0 aliphatic carbocycles. The summed E-state index contributed by atoms with van der Waals surface area (Å²) >= 11 is 5.54. The Morgan fingerprint density at radius 3 is 2.60 bits per heavy atom. The van der Waals surface area contributed by atoms with Gasteiger partial charge in [-0.3, -0.25) is 0 Å². The van der Waals surface area contributed by atoms with Crippen LogP contribution in [0.2, 0.25) is 5.02 Å². The SMILES string of the molecule is NC(N)=N/N=C/c1cc(F)cc(F)c1Cl. The molecular weight excluding hydrogens is 226 g/mol. The number of rotatable bonds is 2. The molecule has 0 spiro atoms. The highest BCUT2D eigenvalue weighted by Crippen LogP contribution is 2.19. The predicted octanol–water partition coefficient (Wildman–Crippen LogP) is 1.23. The van der Waals surface area contributed by atoms with Crippen LogP contribution in [0.1, 0.15) is 5.56 Å². The number of hydrogen-bond acceptors (Lipinski definition) is 2. The number of halogens is 3. The quantitative estimate of drug-likeness (QED) is 0.348. The maximum Gasteiger partial charge on any atom is 0.211 e. The third-order valence-corrected chi connectivity index (χ3v) is 1.79. The van der Waals surface area contributed by atoms with Crippen LogP contribution < -0.4 is 11.5 Å². The lowest BCUT2D eigenvalue weighted by atomic mass is 10.2. The molecule has 1 aromatic rings. The van der Waals surface area contributed by atoms with E-state index in [4.69, 9.17) is 23.1 Å². The maximum absolute atomic E-state index is 12.9. The molecule has 0 fully saturated rings. The van der Waals surface area contributed by atoms with Crippen molar-refractivity contribution < 1.29 is 8.78 Å². The normalized spacial score (nSPS) is 10.6. The first-order valence-electron chi connectivity index (χ1n) is 3.77. The molecule has 0 radical (unpaired) electrons. The monoisotopic (exact) mass is 232 g/mol. The average molecular weight is 233 g/mol. The van der Waals surface area contributed by atoms with E-state index in [-0.39, 0.29) is 16.5 Å². The van der Waals surface area contributed by atoms with E-state index in [9.17, 15) is 8.78 Å². The van der Waals surface area contributed by atoms with Gasteiger partial charge in [0.05, 0.1) is 11.2 Å². The van der Waals surface area contributed by atoms with Crippen LogP contribution in [0.15, 0.2) is 22.3 Å². The van der Waals surface area contributed by atoms with Crippen molar-refractivity contribution in [1.82, 2.24) is 0 Å². The van der Waals surface area contributed by atoms with Crippen LogP contribution in [-0.4, -0.2) is 12.2 Å². The van der Waals surface area contributed by atoms with E-state index in [1.165, 1.54) is 0 Å². The molecule has 1 rings (SSSR count). The summed E-state index contributed by atoms with van der Waals surface area (Å²) in [6.07, 6.45) is 1.05. The maximum atomic E-state index is 12.9. The van der Waals surface area contributed by atoms with Gasteiger partial charge in [-0.2, -0.15) is 5.10 Å². The summed E-state index contributed by atoms with van der Waals surface area (Å²) in [6.45, 7) is 0. The summed E-state index contributed by atoms with van der Waals surface area (Å²) in [7, 11) is 0. The largest absolute Gasteiger partial charge is 0.369 e. The van der Waals surface area contributed by atoms with Gasteiger partial charge in [-0.15, -0.1) is 5.10 Å². The second kappa shape index (κ2) is 4.70. The first kappa shape index (κ1) is 11.4. The Bertz CT molecular complexity index is 427. The molecule has 1 aromatic carbocycles. The highest BCUT2D eigenvalue weighted by atomic mass is 35.5. The Balaban J connectivity index is 3.05. The Kier molecular flexibility index (Phi) is 3.56. The van der Waals surface area contributed by atoms with Crippen molar-refractivity contribution in [3.63, 3.8) is 0 Å². The molecule has 0 aromatic heterocycles. The standard InChI is InChI=1S/C8H7ClF2N4/c9-7-4(3-14-15-8(12)13)1-5(10)2-6(7)11/h1-3H,(H4,12,13,15)/b14-3+. The van der Waals surface area contributed by atoms with Gasteiger partial charge in [0, 0.05) is 11.6 Å². The average Bonchev–Trinajstić information content (AvgIpc) is 2.12. The van der Waals surface area contributed by atoms with Gasteiger partial charge in [0.2, 0.25) is 5.96 Å². The second-order valence-corrected chi connectivity index (χ2v) is 2.94. The Hall–Kier alpha value is -1.69. The minimum Gasteiger partial charge on any atom is -0.369 e. The summed E-state index contributed by atoms with van der Waals surface area (Å²) < 4.78 is 25.7. The van der Waals surface area contributed by atoms with Crippen LogP contribution in [0.4, 0.5) is 8.78 Å². The molecule has 15 heavy (non-hydrogen) atoms. The summed E-state index contributed by atoms with van der Waals surface area (Å²) in [5, 5.41) is 6.39. The first-order valence-corrected chi connectivity index (χ1v) is 4.15. The van der Waals surface area contributed by atoms with Gasteiger partial charge in [-0.05, 0) is 6.07 Å². The van der Waals surface area contributed by atoms with E-state index in [0.29, 0.717) is 6.07 Å². The fraction of sp³-hybridized carbons (Fsp3) is 0. The molecule has 0 aliphatic heterocycles. The summed E-state index contributed by atoms with van der Waals surface area (Å²) in [6, 6.07) is 1.68. The van der Waals surface area contributed by atoms with Gasteiger partial charge in [0.1, 0.15) is 11.6 Å². The number of nitrogens with two attached hydrogens (primary N) is 2. The predicted molar refractivity (Wildman–Crippen MR) is 54.8 cm³/mol. The van der Waals surface area contributed by atoms with Gasteiger partial charge in [-0.1, -0.05) is 11.6 Å². The van der Waals surface area contributed by atoms with Crippen LogP contribution >= 0.6 is 11.6 Å². The minimum atomic E-state index is -0.872. The zero-order chi connectivity index (χ0) is 11.4. The van der Waals surface area contributed by atoms with Gasteiger partial charge < -0.3 is 11.5 Å². The Morgan fingerprint density at radius 2 is 2.00 bits per heavy atom. The molecule has 0 heterocycles. The van der Waals surface area contributed by atoms with Gasteiger partial charge in [0.15, 0.2) is 0 Å². The molecule has 4 N–H and O–H groups in total. The van der Waals surface area contributed by atoms with Crippen molar-refractivity contribution in [2.24, 2.45) is 21.7 Å². The van der Waals surface area contributed by atoms with E-state index in [0.717, 1.165) is 12.3 Å². The minimum absolute atomic E-state index is 0.0548. The molecule has 7 heteroatoms. The molecule has 4 nitrogen and oxygen atoms in total. The first-order chi connectivity index (χ1) is 7.00. The van der Waals surface area contributed by atoms with Crippen molar-refractivity contribution in [3.8, 4) is 0 Å². The van der Waals surface area contributed by atoms with Crippen molar-refractivity contribution in [3.05, 3.63) is 34.4 Å². The van der Waals surface area contributed by atoms with Gasteiger partial charge in [-0.25, -0.2) is 8.78 Å². The van der Waals surface area contributed by atoms with Crippen LogP contribution in [0.5, 0.6) is 0 Å². The van der Waals surface area contributed by atoms with Crippen LogP contribution in [0.25, 0.3) is 0 Å². The highest BCUT2D eigenvalue weighted by molar-refractivity contribution is 6.33. The highest BCUT2D eigenvalue weighted by Gasteiger charge is 2.06. The molecule has 0 unspecified atom stereocenters. The van der Waals surface area contributed by atoms with Crippen LogP contribution in [0, 0.1) is 11.6 Å². The number of guanidine groups is 1. The fourth-order valence-corrected chi connectivity index (χ4v) is 0.985. The lowest BCUT2D eigenvalue weighted by Crippen LogP contribution is -2.21. The second-order valence-electron chi connectivity index (χ2n) is 2.56. The summed E-state index contributed by atoms with van der Waals surface area (Å²) in [4.78, 5) is 0. The van der Waals surface area contributed by atoms with E-state index in [1.807, 2.05) is 0 Å². The van der Waals surface area contributed by atoms with Gasteiger partial charge >= 0.3 is 0 Å².